The van der Waals surface area contributed by atoms with Crippen molar-refractivity contribution in [2.75, 3.05) is 31.3 Å². The summed E-state index contributed by atoms with van der Waals surface area (Å²) in [5.41, 5.74) is 8.47. The number of rotatable bonds is 5. The van der Waals surface area contributed by atoms with Gasteiger partial charge in [0.1, 0.15) is 0 Å². The first-order chi connectivity index (χ1) is 7.54. The molecule has 0 bridgehead atoms. The normalized spacial score (nSPS) is 12.5. The summed E-state index contributed by atoms with van der Waals surface area (Å²) in [4.78, 5) is 0. The molecule has 0 amide bonds. The molecule has 1 rings (SSSR count). The van der Waals surface area contributed by atoms with E-state index in [1.807, 2.05) is 19.1 Å². The zero-order valence-corrected chi connectivity index (χ0v) is 10.8. The largest absolute Gasteiger partial charge is 0.398 e. The van der Waals surface area contributed by atoms with Gasteiger partial charge < -0.3 is 15.8 Å². The Bertz CT molecular complexity index is 355. The van der Waals surface area contributed by atoms with Crippen LogP contribution < -0.4 is 11.1 Å². The number of hydrogen-bond acceptors (Lipinski definition) is 3. The SMILES string of the molecule is COCC(C)CNc1cc(Cl)c(N)cc1C. The van der Waals surface area contributed by atoms with Crippen LogP contribution in [-0.2, 0) is 4.74 Å². The monoisotopic (exact) mass is 242 g/mol. The fourth-order valence-electron chi connectivity index (χ4n) is 1.52. The zero-order valence-electron chi connectivity index (χ0n) is 10.0. The fraction of sp³-hybridized carbons (Fsp3) is 0.500. The first kappa shape index (κ1) is 13.1. The lowest BCUT2D eigenvalue weighted by atomic mass is 10.1. The maximum absolute atomic E-state index is 5.97. The van der Waals surface area contributed by atoms with Gasteiger partial charge in [-0.3, -0.25) is 0 Å². The molecule has 0 saturated carbocycles. The van der Waals surface area contributed by atoms with Crippen LogP contribution in [0.2, 0.25) is 5.02 Å². The van der Waals surface area contributed by atoms with E-state index >= 15 is 0 Å². The standard InChI is InChI=1S/C12H19ClN2O/c1-8(7-16-3)6-15-12-5-10(13)11(14)4-9(12)2/h4-5,8,15H,6-7,14H2,1-3H3. The molecule has 16 heavy (non-hydrogen) atoms. The molecule has 0 heterocycles. The smallest absolute Gasteiger partial charge is 0.0656 e. The van der Waals surface area contributed by atoms with Crippen LogP contribution in [0, 0.1) is 12.8 Å². The predicted octanol–water partition coefficient (Wildman–Crippen LogP) is 2.93. The molecule has 0 spiro atoms. The molecule has 3 N–H and O–H groups in total. The summed E-state index contributed by atoms with van der Waals surface area (Å²) < 4.78 is 5.08. The van der Waals surface area contributed by atoms with Gasteiger partial charge >= 0.3 is 0 Å². The van der Waals surface area contributed by atoms with E-state index in [4.69, 9.17) is 22.1 Å². The number of benzene rings is 1. The van der Waals surface area contributed by atoms with E-state index in [0.29, 0.717) is 16.6 Å². The van der Waals surface area contributed by atoms with Gasteiger partial charge in [-0.05, 0) is 30.5 Å². The molecule has 0 radical (unpaired) electrons. The molecule has 4 heteroatoms. The second-order valence-corrected chi connectivity index (χ2v) is 4.54. The molecule has 1 atom stereocenters. The van der Waals surface area contributed by atoms with Crippen molar-refractivity contribution in [3.05, 3.63) is 22.7 Å². The molecule has 3 nitrogen and oxygen atoms in total. The Morgan fingerprint density at radius 2 is 2.19 bits per heavy atom. The lowest BCUT2D eigenvalue weighted by Crippen LogP contribution is -2.16. The van der Waals surface area contributed by atoms with E-state index < -0.39 is 0 Å². The van der Waals surface area contributed by atoms with Crippen LogP contribution in [-0.4, -0.2) is 20.3 Å². The van der Waals surface area contributed by atoms with Crippen molar-refractivity contribution in [3.63, 3.8) is 0 Å². The van der Waals surface area contributed by atoms with Crippen LogP contribution in [0.1, 0.15) is 12.5 Å². The summed E-state index contributed by atoms with van der Waals surface area (Å²) in [5, 5.41) is 3.94. The number of ether oxygens (including phenoxy) is 1. The Labute approximate surface area is 102 Å². The minimum absolute atomic E-state index is 0.459. The van der Waals surface area contributed by atoms with Gasteiger partial charge in [-0.25, -0.2) is 0 Å². The zero-order chi connectivity index (χ0) is 12.1. The first-order valence-electron chi connectivity index (χ1n) is 5.33. The van der Waals surface area contributed by atoms with E-state index in [-0.39, 0.29) is 0 Å². The number of methoxy groups -OCH3 is 1. The minimum Gasteiger partial charge on any atom is -0.398 e. The molecule has 1 aromatic carbocycles. The summed E-state index contributed by atoms with van der Waals surface area (Å²) in [5.74, 6) is 0.459. The Hall–Kier alpha value is -0.930. The third-order valence-electron chi connectivity index (χ3n) is 2.44. The number of nitrogens with two attached hydrogens (primary N) is 1. The molecule has 1 aromatic rings. The Kier molecular flexibility index (Phi) is 4.90. The summed E-state index contributed by atoms with van der Waals surface area (Å²) in [6, 6.07) is 3.75. The van der Waals surface area contributed by atoms with Crippen LogP contribution in [0.5, 0.6) is 0 Å². The molecule has 0 aliphatic rings. The second-order valence-electron chi connectivity index (χ2n) is 4.13. The number of hydrogen-bond donors (Lipinski definition) is 2. The Morgan fingerprint density at radius 3 is 2.81 bits per heavy atom. The highest BCUT2D eigenvalue weighted by atomic mass is 35.5. The molecular formula is C12H19ClN2O. The molecular weight excluding hydrogens is 224 g/mol. The van der Waals surface area contributed by atoms with E-state index in [2.05, 4.69) is 12.2 Å². The predicted molar refractivity (Wildman–Crippen MR) is 70.1 cm³/mol. The highest BCUT2D eigenvalue weighted by Gasteiger charge is 2.05. The first-order valence-corrected chi connectivity index (χ1v) is 5.70. The van der Waals surface area contributed by atoms with Crippen molar-refractivity contribution in [3.8, 4) is 0 Å². The Balaban J connectivity index is 2.63. The molecule has 0 aliphatic heterocycles. The second kappa shape index (κ2) is 5.97. The van der Waals surface area contributed by atoms with Crippen LogP contribution in [0.15, 0.2) is 12.1 Å². The van der Waals surface area contributed by atoms with Crippen LogP contribution in [0.3, 0.4) is 0 Å². The minimum atomic E-state index is 0.459. The van der Waals surface area contributed by atoms with Crippen LogP contribution >= 0.6 is 11.6 Å². The summed E-state index contributed by atoms with van der Waals surface area (Å²) in [7, 11) is 1.71. The lowest BCUT2D eigenvalue weighted by molar-refractivity contribution is 0.164. The van der Waals surface area contributed by atoms with Gasteiger partial charge in [-0.1, -0.05) is 18.5 Å². The van der Waals surface area contributed by atoms with Gasteiger partial charge in [0.2, 0.25) is 0 Å². The Morgan fingerprint density at radius 1 is 1.50 bits per heavy atom. The van der Waals surface area contributed by atoms with Crippen molar-refractivity contribution in [2.45, 2.75) is 13.8 Å². The van der Waals surface area contributed by atoms with Crippen molar-refractivity contribution < 1.29 is 4.74 Å². The van der Waals surface area contributed by atoms with E-state index in [0.717, 1.165) is 24.4 Å². The van der Waals surface area contributed by atoms with Crippen molar-refractivity contribution in [1.82, 2.24) is 0 Å². The third kappa shape index (κ3) is 3.58. The highest BCUT2D eigenvalue weighted by molar-refractivity contribution is 6.33. The van der Waals surface area contributed by atoms with Crippen molar-refractivity contribution in [1.29, 1.82) is 0 Å². The number of nitrogen functional groups attached to an aromatic ring is 1. The number of anilines is 2. The molecule has 0 aromatic heterocycles. The highest BCUT2D eigenvalue weighted by Crippen LogP contribution is 2.26. The quantitative estimate of drug-likeness (QED) is 0.781. The lowest BCUT2D eigenvalue weighted by Gasteiger charge is -2.15. The van der Waals surface area contributed by atoms with Gasteiger partial charge in [0.15, 0.2) is 0 Å². The van der Waals surface area contributed by atoms with E-state index in [9.17, 15) is 0 Å². The van der Waals surface area contributed by atoms with Crippen LogP contribution in [0.25, 0.3) is 0 Å². The van der Waals surface area contributed by atoms with E-state index in [1.54, 1.807) is 7.11 Å². The topological polar surface area (TPSA) is 47.3 Å². The third-order valence-corrected chi connectivity index (χ3v) is 2.76. The van der Waals surface area contributed by atoms with Gasteiger partial charge in [0, 0.05) is 19.3 Å². The summed E-state index contributed by atoms with van der Waals surface area (Å²) in [6.45, 7) is 5.74. The maximum Gasteiger partial charge on any atom is 0.0656 e. The molecule has 90 valence electrons. The van der Waals surface area contributed by atoms with Gasteiger partial charge in [0.25, 0.3) is 0 Å². The molecule has 0 fully saturated rings. The van der Waals surface area contributed by atoms with Gasteiger partial charge in [-0.2, -0.15) is 0 Å². The number of aryl methyl sites for hydroxylation is 1. The average molecular weight is 243 g/mol. The van der Waals surface area contributed by atoms with Crippen LogP contribution in [0.4, 0.5) is 11.4 Å². The van der Waals surface area contributed by atoms with Gasteiger partial charge in [0.05, 0.1) is 17.3 Å². The fourth-order valence-corrected chi connectivity index (χ4v) is 1.69. The average Bonchev–Trinajstić information content (AvgIpc) is 2.22. The summed E-state index contributed by atoms with van der Waals surface area (Å²) >= 11 is 5.97. The number of halogens is 1. The van der Waals surface area contributed by atoms with Crippen molar-refractivity contribution in [2.24, 2.45) is 5.92 Å². The van der Waals surface area contributed by atoms with E-state index in [1.165, 1.54) is 0 Å². The van der Waals surface area contributed by atoms with Gasteiger partial charge in [-0.15, -0.1) is 0 Å². The molecule has 1 unspecified atom stereocenters. The molecule has 0 saturated heterocycles. The maximum atomic E-state index is 5.97. The molecule has 0 aliphatic carbocycles. The number of nitrogens with one attached hydrogen (secondary N) is 1. The van der Waals surface area contributed by atoms with Crippen molar-refractivity contribution >= 4 is 23.0 Å². The summed E-state index contributed by atoms with van der Waals surface area (Å²) in [6.07, 6.45) is 0.